The molecule has 5 aromatic carbocycles. The molecular weight excluding hydrogens is 456 g/mol. The van der Waals surface area contributed by atoms with Crippen LogP contribution in [-0.4, -0.2) is 23.2 Å². The van der Waals surface area contributed by atoms with Gasteiger partial charge in [0.25, 0.3) is 0 Å². The number of rotatable bonds is 1. The summed E-state index contributed by atoms with van der Waals surface area (Å²) in [5, 5.41) is 11.5. The van der Waals surface area contributed by atoms with Gasteiger partial charge in [-0.15, -0.1) is 0 Å². The number of para-hydroxylation sites is 4. The van der Waals surface area contributed by atoms with Crippen LogP contribution in [-0.2, 0) is 0 Å². The zero-order chi connectivity index (χ0) is 24.2. The molecule has 0 amide bonds. The van der Waals surface area contributed by atoms with Crippen LogP contribution in [0.4, 0.5) is 0 Å². The van der Waals surface area contributed by atoms with E-state index in [0.717, 1.165) is 72.1 Å². The first kappa shape index (κ1) is 18.9. The molecule has 6 nitrogen and oxygen atoms in total. The van der Waals surface area contributed by atoms with Gasteiger partial charge in [0, 0.05) is 0 Å². The van der Waals surface area contributed by atoms with Crippen LogP contribution in [0.15, 0.2) is 97.1 Å². The molecule has 9 rings (SSSR count). The highest BCUT2D eigenvalue weighted by atomic mass is 15.3. The lowest BCUT2D eigenvalue weighted by Crippen LogP contribution is -1.88. The Labute approximate surface area is 209 Å². The summed E-state index contributed by atoms with van der Waals surface area (Å²) in [6.45, 7) is 0. The van der Waals surface area contributed by atoms with Crippen molar-refractivity contribution in [3.63, 3.8) is 0 Å². The lowest BCUT2D eigenvalue weighted by Gasteiger charge is -2.07. The maximum absolute atomic E-state index is 9.29. The van der Waals surface area contributed by atoms with Gasteiger partial charge < -0.3 is 0 Å². The quantitative estimate of drug-likeness (QED) is 0.263. The second kappa shape index (κ2) is 6.42. The summed E-state index contributed by atoms with van der Waals surface area (Å²) in [5.74, 6) is 1.73. The van der Waals surface area contributed by atoms with E-state index >= 15 is 0 Å². The minimum atomic E-state index is 0.671. The molecular formula is C31H16N6. The van der Waals surface area contributed by atoms with Crippen molar-refractivity contribution in [3.8, 4) is 17.2 Å². The number of nitrogens with zero attached hydrogens (tertiary/aromatic N) is 6. The van der Waals surface area contributed by atoms with Crippen molar-refractivity contribution in [2.45, 2.75) is 0 Å². The smallest absolute Gasteiger partial charge is 0.223 e. The third kappa shape index (κ3) is 2.29. The molecule has 0 saturated carbocycles. The Kier molecular flexibility index (Phi) is 3.27. The van der Waals surface area contributed by atoms with E-state index < -0.39 is 0 Å². The maximum atomic E-state index is 9.29. The van der Waals surface area contributed by atoms with E-state index in [1.54, 1.807) is 0 Å². The predicted molar refractivity (Wildman–Crippen MR) is 146 cm³/mol. The number of imidazole rings is 4. The largest absolute Gasteiger partial charge is 0.276 e. The Morgan fingerprint density at radius 1 is 0.541 bits per heavy atom. The molecule has 0 spiro atoms. The average molecular weight is 473 g/mol. The predicted octanol–water partition coefficient (Wildman–Crippen LogP) is 6.82. The molecule has 4 heterocycles. The highest BCUT2D eigenvalue weighted by Crippen LogP contribution is 2.38. The summed E-state index contributed by atoms with van der Waals surface area (Å²) in [6.07, 6.45) is 0. The van der Waals surface area contributed by atoms with E-state index in [4.69, 9.17) is 9.97 Å². The number of aromatic nitrogens is 5. The Morgan fingerprint density at radius 3 is 1.78 bits per heavy atom. The van der Waals surface area contributed by atoms with Crippen LogP contribution in [0.2, 0.25) is 0 Å². The second-order valence-electron chi connectivity index (χ2n) is 9.56. The normalized spacial score (nSPS) is 12.3. The molecule has 0 fully saturated rings. The number of hydrogen-bond acceptors (Lipinski definition) is 3. The molecule has 0 N–H and O–H groups in total. The highest BCUT2D eigenvalue weighted by Gasteiger charge is 2.24. The molecule has 0 aliphatic heterocycles. The monoisotopic (exact) mass is 472 g/mol. The molecule has 0 unspecified atom stereocenters. The highest BCUT2D eigenvalue weighted by molar-refractivity contribution is 6.06. The summed E-state index contributed by atoms with van der Waals surface area (Å²) in [5.41, 5.74) is 10.3. The minimum absolute atomic E-state index is 0.671. The fourth-order valence-electron chi connectivity index (χ4n) is 5.93. The SMILES string of the molecule is N#Cc1ccc2cc(-c3cc4c5c(c3)n3c6ccccc6nc3n5c3nc5ccccc5n43)ccc2c1. The first-order valence-corrected chi connectivity index (χ1v) is 12.2. The average Bonchev–Trinajstić information content (AvgIpc) is 3.66. The van der Waals surface area contributed by atoms with Crippen molar-refractivity contribution in [3.05, 3.63) is 103 Å². The Hall–Kier alpha value is -5.41. The number of benzene rings is 5. The van der Waals surface area contributed by atoms with Gasteiger partial charge >= 0.3 is 0 Å². The molecule has 0 radical (unpaired) electrons. The van der Waals surface area contributed by atoms with Gasteiger partial charge in [0.15, 0.2) is 0 Å². The fraction of sp³-hybridized carbons (Fsp3) is 0. The van der Waals surface area contributed by atoms with Crippen molar-refractivity contribution < 1.29 is 0 Å². The Balaban J connectivity index is 1.47. The molecule has 0 bridgehead atoms. The van der Waals surface area contributed by atoms with Gasteiger partial charge in [-0.05, 0) is 76.5 Å². The summed E-state index contributed by atoms with van der Waals surface area (Å²) >= 11 is 0. The van der Waals surface area contributed by atoms with Crippen LogP contribution in [0.25, 0.3) is 72.1 Å². The van der Waals surface area contributed by atoms with E-state index in [-0.39, 0.29) is 0 Å². The van der Waals surface area contributed by atoms with Crippen molar-refractivity contribution in [1.82, 2.24) is 23.2 Å². The molecule has 4 aromatic heterocycles. The van der Waals surface area contributed by atoms with Crippen molar-refractivity contribution in [2.24, 2.45) is 0 Å². The molecule has 9 aromatic rings. The zero-order valence-corrected chi connectivity index (χ0v) is 19.4. The number of nitriles is 1. The van der Waals surface area contributed by atoms with E-state index in [0.29, 0.717) is 5.56 Å². The van der Waals surface area contributed by atoms with Crippen LogP contribution in [0.1, 0.15) is 5.56 Å². The Bertz CT molecular complexity index is 2310. The molecule has 0 atom stereocenters. The van der Waals surface area contributed by atoms with Gasteiger partial charge in [0.05, 0.1) is 44.7 Å². The summed E-state index contributed by atoms with van der Waals surface area (Å²) < 4.78 is 6.69. The number of hydrogen-bond donors (Lipinski definition) is 0. The maximum Gasteiger partial charge on any atom is 0.223 e. The number of fused-ring (bicyclic) bond motifs is 11. The molecule has 0 aliphatic carbocycles. The van der Waals surface area contributed by atoms with Gasteiger partial charge in [-0.1, -0.05) is 42.5 Å². The minimum Gasteiger partial charge on any atom is -0.276 e. The Morgan fingerprint density at radius 2 is 1.14 bits per heavy atom. The molecule has 0 saturated heterocycles. The van der Waals surface area contributed by atoms with Crippen LogP contribution in [0.3, 0.4) is 0 Å². The van der Waals surface area contributed by atoms with Crippen LogP contribution in [0, 0.1) is 11.3 Å². The van der Waals surface area contributed by atoms with Crippen molar-refractivity contribution >= 4 is 60.9 Å². The topological polar surface area (TPSA) is 62.8 Å². The summed E-state index contributed by atoms with van der Waals surface area (Å²) in [6, 6.07) is 35.6. The van der Waals surface area contributed by atoms with E-state index in [1.807, 2.05) is 30.3 Å². The standard InChI is InChI=1S/C31H16N6/c32-17-18-9-10-20-14-21(12-11-19(20)13-18)22-15-27-29-28(16-22)36-26-8-4-2-6-24(26)34-31(36)37(29)30-33-23-5-1-3-7-25(23)35(27)30/h1-16H. The second-order valence-corrected chi connectivity index (χ2v) is 9.56. The molecule has 6 heteroatoms. The summed E-state index contributed by atoms with van der Waals surface area (Å²) in [7, 11) is 0. The lowest BCUT2D eigenvalue weighted by atomic mass is 9.99. The van der Waals surface area contributed by atoms with Gasteiger partial charge in [0.2, 0.25) is 11.6 Å². The van der Waals surface area contributed by atoms with Gasteiger partial charge in [-0.25, -0.2) is 14.4 Å². The third-order valence-electron chi connectivity index (χ3n) is 7.56. The first-order chi connectivity index (χ1) is 18.3. The van der Waals surface area contributed by atoms with E-state index in [2.05, 4.69) is 86.0 Å². The third-order valence-corrected chi connectivity index (χ3v) is 7.56. The van der Waals surface area contributed by atoms with Crippen LogP contribution in [0.5, 0.6) is 0 Å². The van der Waals surface area contributed by atoms with E-state index in [1.165, 1.54) is 0 Å². The molecule has 37 heavy (non-hydrogen) atoms. The van der Waals surface area contributed by atoms with Gasteiger partial charge in [-0.2, -0.15) is 5.26 Å². The molecule has 170 valence electrons. The van der Waals surface area contributed by atoms with Crippen LogP contribution < -0.4 is 0 Å². The van der Waals surface area contributed by atoms with Crippen molar-refractivity contribution in [2.75, 3.05) is 0 Å². The van der Waals surface area contributed by atoms with Gasteiger partial charge in [-0.3, -0.25) is 8.80 Å². The van der Waals surface area contributed by atoms with Crippen LogP contribution >= 0.6 is 0 Å². The zero-order valence-electron chi connectivity index (χ0n) is 19.4. The van der Waals surface area contributed by atoms with Crippen molar-refractivity contribution in [1.29, 1.82) is 5.26 Å². The molecule has 0 aliphatic rings. The lowest BCUT2D eigenvalue weighted by molar-refractivity contribution is 1.15. The fourth-order valence-corrected chi connectivity index (χ4v) is 5.93. The summed E-state index contributed by atoms with van der Waals surface area (Å²) in [4.78, 5) is 10.1. The van der Waals surface area contributed by atoms with Gasteiger partial charge in [0.1, 0.15) is 5.52 Å². The van der Waals surface area contributed by atoms with E-state index in [9.17, 15) is 5.26 Å². The first-order valence-electron chi connectivity index (χ1n) is 12.2.